The van der Waals surface area contributed by atoms with Crippen molar-refractivity contribution in [2.45, 2.75) is 25.3 Å². The Balaban J connectivity index is 1.25. The van der Waals surface area contributed by atoms with Gasteiger partial charge in [0, 0.05) is 19.0 Å². The molecule has 0 atom stereocenters. The minimum atomic E-state index is 0.401. The first-order chi connectivity index (χ1) is 15.3. The van der Waals surface area contributed by atoms with Crippen molar-refractivity contribution >= 4 is 0 Å². The second kappa shape index (κ2) is 11.1. The molecule has 3 aromatic rings. The van der Waals surface area contributed by atoms with Crippen LogP contribution in [-0.2, 0) is 6.54 Å². The van der Waals surface area contributed by atoms with Gasteiger partial charge >= 0.3 is 0 Å². The SMILES string of the molecule is COc1ccc(CN2CCC(CNCC(c3ccccc3)c3ccccc3)CC2)cc1. The number of ether oxygens (including phenoxy) is 1. The number of nitrogens with one attached hydrogen (secondary N) is 1. The molecule has 3 aromatic carbocycles. The summed E-state index contributed by atoms with van der Waals surface area (Å²) >= 11 is 0. The van der Waals surface area contributed by atoms with E-state index < -0.39 is 0 Å². The second-order valence-corrected chi connectivity index (χ2v) is 8.60. The van der Waals surface area contributed by atoms with Crippen LogP contribution < -0.4 is 10.1 Å². The van der Waals surface area contributed by atoms with Crippen LogP contribution in [0.1, 0.15) is 35.4 Å². The monoisotopic (exact) mass is 414 g/mol. The summed E-state index contributed by atoms with van der Waals surface area (Å²) in [5, 5.41) is 3.80. The highest BCUT2D eigenvalue weighted by Crippen LogP contribution is 2.24. The maximum Gasteiger partial charge on any atom is 0.118 e. The average Bonchev–Trinajstić information content (AvgIpc) is 2.84. The molecule has 1 fully saturated rings. The fourth-order valence-electron chi connectivity index (χ4n) is 4.57. The van der Waals surface area contributed by atoms with Gasteiger partial charge in [0.2, 0.25) is 0 Å². The number of benzene rings is 3. The fraction of sp³-hybridized carbons (Fsp3) is 0.357. The summed E-state index contributed by atoms with van der Waals surface area (Å²) in [6.07, 6.45) is 2.54. The maximum atomic E-state index is 5.26. The van der Waals surface area contributed by atoms with Crippen LogP contribution in [0.3, 0.4) is 0 Å². The van der Waals surface area contributed by atoms with Crippen molar-refractivity contribution < 1.29 is 4.74 Å². The van der Waals surface area contributed by atoms with Crippen LogP contribution in [0.5, 0.6) is 5.75 Å². The highest BCUT2D eigenvalue weighted by atomic mass is 16.5. The molecule has 0 spiro atoms. The van der Waals surface area contributed by atoms with E-state index in [4.69, 9.17) is 4.74 Å². The van der Waals surface area contributed by atoms with Gasteiger partial charge in [0.15, 0.2) is 0 Å². The molecule has 1 N–H and O–H groups in total. The fourth-order valence-corrected chi connectivity index (χ4v) is 4.57. The summed E-state index contributed by atoms with van der Waals surface area (Å²) in [6, 6.07) is 30.2. The summed E-state index contributed by atoms with van der Waals surface area (Å²) < 4.78 is 5.26. The molecule has 0 saturated carbocycles. The van der Waals surface area contributed by atoms with Gasteiger partial charge in [0.25, 0.3) is 0 Å². The molecule has 3 heteroatoms. The zero-order valence-electron chi connectivity index (χ0n) is 18.5. The molecule has 1 saturated heterocycles. The molecule has 3 nitrogen and oxygen atoms in total. The number of likely N-dealkylation sites (tertiary alicyclic amines) is 1. The number of nitrogens with zero attached hydrogens (tertiary/aromatic N) is 1. The Bertz CT molecular complexity index is 848. The average molecular weight is 415 g/mol. The number of hydrogen-bond acceptors (Lipinski definition) is 3. The van der Waals surface area contributed by atoms with Crippen LogP contribution in [0.15, 0.2) is 84.9 Å². The normalized spacial score (nSPS) is 15.3. The molecule has 0 aliphatic carbocycles. The molecule has 1 aliphatic rings. The van der Waals surface area contributed by atoms with E-state index in [2.05, 4.69) is 95.1 Å². The molecule has 0 aromatic heterocycles. The summed E-state index contributed by atoms with van der Waals surface area (Å²) in [5.41, 5.74) is 4.14. The first kappa shape index (κ1) is 21.6. The molecule has 0 radical (unpaired) electrons. The number of rotatable bonds is 9. The first-order valence-corrected chi connectivity index (χ1v) is 11.5. The summed E-state index contributed by atoms with van der Waals surface area (Å²) in [7, 11) is 1.72. The van der Waals surface area contributed by atoms with E-state index in [0.717, 1.165) is 31.3 Å². The zero-order chi connectivity index (χ0) is 21.3. The second-order valence-electron chi connectivity index (χ2n) is 8.60. The van der Waals surface area contributed by atoms with Crippen LogP contribution in [0.2, 0.25) is 0 Å². The smallest absolute Gasteiger partial charge is 0.118 e. The predicted octanol–water partition coefficient (Wildman–Crippen LogP) is 5.33. The molecule has 0 amide bonds. The number of methoxy groups -OCH3 is 1. The largest absolute Gasteiger partial charge is 0.497 e. The van der Waals surface area contributed by atoms with Gasteiger partial charge in [-0.05, 0) is 67.2 Å². The van der Waals surface area contributed by atoms with E-state index in [0.29, 0.717) is 5.92 Å². The lowest BCUT2D eigenvalue weighted by Crippen LogP contribution is -2.37. The van der Waals surface area contributed by atoms with E-state index in [1.54, 1.807) is 7.11 Å². The van der Waals surface area contributed by atoms with Gasteiger partial charge in [-0.2, -0.15) is 0 Å². The third-order valence-electron chi connectivity index (χ3n) is 6.46. The Kier molecular flexibility index (Phi) is 7.76. The third kappa shape index (κ3) is 6.19. The Labute approximate surface area is 187 Å². The summed E-state index contributed by atoms with van der Waals surface area (Å²) in [6.45, 7) is 5.49. The molecule has 0 bridgehead atoms. The molecule has 1 heterocycles. The lowest BCUT2D eigenvalue weighted by molar-refractivity contribution is 0.175. The molecular formula is C28H34N2O. The van der Waals surface area contributed by atoms with Gasteiger partial charge in [0.1, 0.15) is 5.75 Å². The van der Waals surface area contributed by atoms with Crippen molar-refractivity contribution in [3.63, 3.8) is 0 Å². The van der Waals surface area contributed by atoms with Crippen LogP contribution in [-0.4, -0.2) is 38.2 Å². The van der Waals surface area contributed by atoms with Gasteiger partial charge in [-0.1, -0.05) is 72.8 Å². The Morgan fingerprint density at radius 3 is 1.97 bits per heavy atom. The predicted molar refractivity (Wildman–Crippen MR) is 129 cm³/mol. The minimum Gasteiger partial charge on any atom is -0.497 e. The van der Waals surface area contributed by atoms with Gasteiger partial charge in [-0.3, -0.25) is 4.90 Å². The van der Waals surface area contributed by atoms with Gasteiger partial charge in [0.05, 0.1) is 7.11 Å². The topological polar surface area (TPSA) is 24.5 Å². The van der Waals surface area contributed by atoms with Gasteiger partial charge in [-0.15, -0.1) is 0 Å². The Morgan fingerprint density at radius 2 is 1.42 bits per heavy atom. The van der Waals surface area contributed by atoms with E-state index in [1.807, 2.05) is 0 Å². The Hall–Kier alpha value is -2.62. The number of piperidine rings is 1. The molecule has 31 heavy (non-hydrogen) atoms. The zero-order valence-corrected chi connectivity index (χ0v) is 18.5. The van der Waals surface area contributed by atoms with E-state index in [1.165, 1.54) is 42.6 Å². The van der Waals surface area contributed by atoms with Crippen molar-refractivity contribution in [2.75, 3.05) is 33.3 Å². The minimum absolute atomic E-state index is 0.401. The molecule has 1 aliphatic heterocycles. The molecular weight excluding hydrogens is 380 g/mol. The maximum absolute atomic E-state index is 5.26. The van der Waals surface area contributed by atoms with Crippen LogP contribution in [0, 0.1) is 5.92 Å². The van der Waals surface area contributed by atoms with Crippen LogP contribution >= 0.6 is 0 Å². The third-order valence-corrected chi connectivity index (χ3v) is 6.46. The summed E-state index contributed by atoms with van der Waals surface area (Å²) in [5.74, 6) is 2.09. The van der Waals surface area contributed by atoms with Gasteiger partial charge in [-0.25, -0.2) is 0 Å². The highest BCUT2D eigenvalue weighted by Gasteiger charge is 2.20. The van der Waals surface area contributed by atoms with Crippen molar-refractivity contribution in [3.8, 4) is 5.75 Å². The summed E-state index contributed by atoms with van der Waals surface area (Å²) in [4.78, 5) is 2.58. The highest BCUT2D eigenvalue weighted by molar-refractivity contribution is 5.32. The van der Waals surface area contributed by atoms with Crippen molar-refractivity contribution in [1.82, 2.24) is 10.2 Å². The standard InChI is InChI=1S/C28H34N2O/c1-31-27-14-12-24(13-15-27)22-30-18-16-23(17-19-30)20-29-21-28(25-8-4-2-5-9-25)26-10-6-3-7-11-26/h2-15,23,28-29H,16-22H2,1H3. The first-order valence-electron chi connectivity index (χ1n) is 11.5. The van der Waals surface area contributed by atoms with Gasteiger partial charge < -0.3 is 10.1 Å². The van der Waals surface area contributed by atoms with Crippen LogP contribution in [0.25, 0.3) is 0 Å². The van der Waals surface area contributed by atoms with E-state index in [9.17, 15) is 0 Å². The molecule has 162 valence electrons. The van der Waals surface area contributed by atoms with Crippen molar-refractivity contribution in [2.24, 2.45) is 5.92 Å². The van der Waals surface area contributed by atoms with Crippen molar-refractivity contribution in [3.05, 3.63) is 102 Å². The van der Waals surface area contributed by atoms with E-state index in [-0.39, 0.29) is 0 Å². The van der Waals surface area contributed by atoms with Crippen molar-refractivity contribution in [1.29, 1.82) is 0 Å². The molecule has 0 unspecified atom stereocenters. The quantitative estimate of drug-likeness (QED) is 0.512. The Morgan fingerprint density at radius 1 is 0.839 bits per heavy atom. The van der Waals surface area contributed by atoms with E-state index >= 15 is 0 Å². The lowest BCUT2D eigenvalue weighted by Gasteiger charge is -2.32. The lowest BCUT2D eigenvalue weighted by atomic mass is 9.90. The number of hydrogen-bond donors (Lipinski definition) is 1. The molecule has 4 rings (SSSR count). The van der Waals surface area contributed by atoms with Crippen LogP contribution in [0.4, 0.5) is 0 Å².